The van der Waals surface area contributed by atoms with E-state index in [0.717, 1.165) is 11.3 Å². The van der Waals surface area contributed by atoms with Gasteiger partial charge in [0.05, 0.1) is 21.6 Å². The van der Waals surface area contributed by atoms with Crippen LogP contribution in [0.1, 0.15) is 5.01 Å². The molecule has 0 aliphatic carbocycles. The van der Waals surface area contributed by atoms with Crippen LogP contribution in [-0.2, 0) is 0 Å². The first kappa shape index (κ1) is 13.7. The Morgan fingerprint density at radius 3 is 2.70 bits per heavy atom. The van der Waals surface area contributed by atoms with Gasteiger partial charge in [0.25, 0.3) is 0 Å². The van der Waals surface area contributed by atoms with Crippen molar-refractivity contribution in [3.05, 3.63) is 45.6 Å². The van der Waals surface area contributed by atoms with Crippen LogP contribution in [0.4, 0.5) is 0 Å². The van der Waals surface area contributed by atoms with E-state index in [9.17, 15) is 5.26 Å². The summed E-state index contributed by atoms with van der Waals surface area (Å²) in [7, 11) is 2.66. The van der Waals surface area contributed by atoms with Crippen LogP contribution in [-0.4, -0.2) is 10.2 Å². The van der Waals surface area contributed by atoms with Crippen LogP contribution in [0.15, 0.2) is 45.0 Å². The Morgan fingerprint density at radius 1 is 1.25 bits per heavy atom. The van der Waals surface area contributed by atoms with Gasteiger partial charge in [-0.15, -0.1) is 11.3 Å². The fourth-order valence-corrected chi connectivity index (χ4v) is 4.81. The molecule has 1 aliphatic rings. The maximum atomic E-state index is 9.36. The molecule has 3 nitrogen and oxygen atoms in total. The minimum atomic E-state index is 0.369. The van der Waals surface area contributed by atoms with E-state index in [4.69, 9.17) is 11.6 Å². The smallest absolute Gasteiger partial charge is 0.154 e. The number of hydrogen-bond donors (Lipinski definition) is 0. The number of aromatic nitrogens is 1. The SMILES string of the molecule is N#C/C(=C1\SSN=C1Cl)c1nc(-c2ccccc2)cs1. The summed E-state index contributed by atoms with van der Waals surface area (Å²) in [5.41, 5.74) is 2.38. The molecular formula is C13H6ClN3S3. The molecule has 0 spiro atoms. The van der Waals surface area contributed by atoms with Gasteiger partial charge in [-0.25, -0.2) is 4.98 Å². The third kappa shape index (κ3) is 2.63. The number of benzene rings is 1. The van der Waals surface area contributed by atoms with E-state index in [2.05, 4.69) is 15.5 Å². The van der Waals surface area contributed by atoms with Gasteiger partial charge in [0.1, 0.15) is 16.6 Å². The summed E-state index contributed by atoms with van der Waals surface area (Å²) in [4.78, 5) is 5.22. The lowest BCUT2D eigenvalue weighted by molar-refractivity contribution is 1.37. The minimum Gasteiger partial charge on any atom is -0.235 e. The number of allylic oxidation sites excluding steroid dienone is 2. The van der Waals surface area contributed by atoms with Crippen LogP contribution in [0.25, 0.3) is 16.8 Å². The highest BCUT2D eigenvalue weighted by Crippen LogP contribution is 2.44. The largest absolute Gasteiger partial charge is 0.235 e. The number of nitriles is 1. The third-order valence-corrected chi connectivity index (χ3v) is 5.74. The Bertz CT molecular complexity index is 744. The average molecular weight is 336 g/mol. The molecule has 1 aromatic heterocycles. The lowest BCUT2D eigenvalue weighted by atomic mass is 10.2. The zero-order valence-electron chi connectivity index (χ0n) is 9.91. The Morgan fingerprint density at radius 2 is 2.05 bits per heavy atom. The summed E-state index contributed by atoms with van der Waals surface area (Å²) >= 11 is 7.44. The van der Waals surface area contributed by atoms with E-state index in [1.165, 1.54) is 33.1 Å². The Kier molecular flexibility index (Phi) is 4.13. The van der Waals surface area contributed by atoms with Crippen molar-refractivity contribution in [2.75, 3.05) is 0 Å². The van der Waals surface area contributed by atoms with E-state index in [1.807, 2.05) is 35.7 Å². The number of halogens is 1. The van der Waals surface area contributed by atoms with Crippen molar-refractivity contribution in [2.24, 2.45) is 4.40 Å². The molecular weight excluding hydrogens is 330 g/mol. The van der Waals surface area contributed by atoms with Crippen LogP contribution in [0.2, 0.25) is 0 Å². The van der Waals surface area contributed by atoms with Crippen LogP contribution < -0.4 is 0 Å². The van der Waals surface area contributed by atoms with Crippen LogP contribution in [0, 0.1) is 11.3 Å². The van der Waals surface area contributed by atoms with Gasteiger partial charge in [-0.1, -0.05) is 41.9 Å². The molecule has 0 unspecified atom stereocenters. The van der Waals surface area contributed by atoms with Gasteiger partial charge in [-0.2, -0.15) is 9.66 Å². The molecule has 3 rings (SSSR count). The maximum Gasteiger partial charge on any atom is 0.154 e. The number of hydrogen-bond acceptors (Lipinski definition) is 6. The van der Waals surface area contributed by atoms with Gasteiger partial charge in [0, 0.05) is 10.9 Å². The zero-order valence-corrected chi connectivity index (χ0v) is 13.1. The van der Waals surface area contributed by atoms with E-state index in [-0.39, 0.29) is 0 Å². The zero-order chi connectivity index (χ0) is 13.9. The molecule has 0 atom stereocenters. The molecule has 2 heterocycles. The van der Waals surface area contributed by atoms with Crippen LogP contribution in [0.5, 0.6) is 0 Å². The number of rotatable bonds is 2. The van der Waals surface area contributed by atoms with Crippen molar-refractivity contribution in [3.8, 4) is 17.3 Å². The highest BCUT2D eigenvalue weighted by atomic mass is 35.5. The molecule has 0 amide bonds. The first-order valence-electron chi connectivity index (χ1n) is 5.53. The summed E-state index contributed by atoms with van der Waals surface area (Å²) in [6.07, 6.45) is 0. The lowest BCUT2D eigenvalue weighted by Crippen LogP contribution is -1.91. The van der Waals surface area contributed by atoms with Gasteiger partial charge in [-0.3, -0.25) is 0 Å². The van der Waals surface area contributed by atoms with Gasteiger partial charge in [0.15, 0.2) is 5.17 Å². The highest BCUT2D eigenvalue weighted by Gasteiger charge is 2.22. The second-order valence-electron chi connectivity index (χ2n) is 3.76. The number of nitrogens with zero attached hydrogens (tertiary/aromatic N) is 3. The van der Waals surface area contributed by atoms with E-state index >= 15 is 0 Å². The predicted octanol–water partition coefficient (Wildman–Crippen LogP) is 4.99. The molecule has 1 aromatic carbocycles. The summed E-state index contributed by atoms with van der Waals surface area (Å²) in [5.74, 6) is 0. The third-order valence-electron chi connectivity index (χ3n) is 2.55. The van der Waals surface area contributed by atoms with Gasteiger partial charge < -0.3 is 0 Å². The monoisotopic (exact) mass is 335 g/mol. The molecule has 0 saturated heterocycles. The normalized spacial score (nSPS) is 16.7. The average Bonchev–Trinajstić information content (AvgIpc) is 3.12. The molecule has 0 fully saturated rings. The van der Waals surface area contributed by atoms with Gasteiger partial charge in [0.2, 0.25) is 0 Å². The molecule has 0 saturated carbocycles. The summed E-state index contributed by atoms with van der Waals surface area (Å²) in [6.45, 7) is 0. The molecule has 0 radical (unpaired) electrons. The van der Waals surface area contributed by atoms with Crippen molar-refractivity contribution in [1.29, 1.82) is 5.26 Å². The molecule has 20 heavy (non-hydrogen) atoms. The van der Waals surface area contributed by atoms with Crippen molar-refractivity contribution in [3.63, 3.8) is 0 Å². The standard InChI is InChI=1S/C13H6ClN3S3/c14-12-11(19-20-17-12)9(6-15)13-16-10(7-18-13)8-4-2-1-3-5-8/h1-5,7H/b11-9+. The number of thiazole rings is 1. The Hall–Kier alpha value is -1.26. The fraction of sp³-hybridized carbons (Fsp3) is 0. The van der Waals surface area contributed by atoms with Crippen molar-refractivity contribution in [1.82, 2.24) is 4.98 Å². The topological polar surface area (TPSA) is 49.0 Å². The van der Waals surface area contributed by atoms with E-state index < -0.39 is 0 Å². The quantitative estimate of drug-likeness (QED) is 0.440. The first-order valence-corrected chi connectivity index (χ1v) is 8.89. The molecule has 7 heteroatoms. The highest BCUT2D eigenvalue weighted by molar-refractivity contribution is 8.78. The summed E-state index contributed by atoms with van der Waals surface area (Å²) in [5, 5.41) is 12.3. The molecule has 98 valence electrons. The van der Waals surface area contributed by atoms with Crippen LogP contribution >= 0.6 is 44.7 Å². The molecule has 0 N–H and O–H groups in total. The van der Waals surface area contributed by atoms with Gasteiger partial charge >= 0.3 is 0 Å². The fourth-order valence-electron chi connectivity index (χ4n) is 1.64. The van der Waals surface area contributed by atoms with Crippen molar-refractivity contribution in [2.45, 2.75) is 0 Å². The van der Waals surface area contributed by atoms with Gasteiger partial charge in [-0.05, 0) is 10.8 Å². The predicted molar refractivity (Wildman–Crippen MR) is 88.6 cm³/mol. The van der Waals surface area contributed by atoms with Crippen molar-refractivity contribution < 1.29 is 0 Å². The summed E-state index contributed by atoms with van der Waals surface area (Å²) in [6, 6.07) is 12.1. The van der Waals surface area contributed by atoms with E-state index in [1.54, 1.807) is 0 Å². The lowest BCUT2D eigenvalue weighted by Gasteiger charge is -1.98. The molecule has 1 aliphatic heterocycles. The molecule has 0 bridgehead atoms. The Balaban J connectivity index is 2.02. The summed E-state index contributed by atoms with van der Waals surface area (Å²) < 4.78 is 4.01. The minimum absolute atomic E-state index is 0.369. The second-order valence-corrected chi connectivity index (χ2v) is 6.83. The second kappa shape index (κ2) is 6.02. The molecule has 2 aromatic rings. The Labute approximate surface area is 132 Å². The maximum absolute atomic E-state index is 9.36. The van der Waals surface area contributed by atoms with Crippen LogP contribution in [0.3, 0.4) is 0 Å². The van der Waals surface area contributed by atoms with Crippen molar-refractivity contribution >= 4 is 55.5 Å². The van der Waals surface area contributed by atoms with E-state index in [0.29, 0.717) is 20.7 Å². The first-order chi connectivity index (χ1) is 9.79.